The quantitative estimate of drug-likeness (QED) is 0.608. The van der Waals surface area contributed by atoms with Crippen LogP contribution in [0.4, 0.5) is 5.69 Å². The van der Waals surface area contributed by atoms with Crippen molar-refractivity contribution in [1.29, 1.82) is 0 Å². The lowest BCUT2D eigenvalue weighted by molar-refractivity contribution is -0.137. The van der Waals surface area contributed by atoms with Crippen molar-refractivity contribution < 1.29 is 23.1 Å². The summed E-state index contributed by atoms with van der Waals surface area (Å²) in [4.78, 5) is 28.7. The van der Waals surface area contributed by atoms with E-state index in [1.165, 1.54) is 11.8 Å². The summed E-state index contributed by atoms with van der Waals surface area (Å²) in [5.41, 5.74) is 0.811. The number of sulfone groups is 1. The minimum absolute atomic E-state index is 0.0440. The number of carbonyl (C=O) groups excluding carboxylic acids is 1. The van der Waals surface area contributed by atoms with Crippen molar-refractivity contribution in [2.45, 2.75) is 30.6 Å². The van der Waals surface area contributed by atoms with Crippen molar-refractivity contribution >= 4 is 66.9 Å². The number of benzene rings is 1. The Morgan fingerprint density at radius 2 is 2.08 bits per heavy atom. The van der Waals surface area contributed by atoms with Gasteiger partial charge in [0.1, 0.15) is 0 Å². The van der Waals surface area contributed by atoms with E-state index in [4.69, 9.17) is 5.11 Å². The first kappa shape index (κ1) is 19.6. The molecule has 2 fully saturated rings. The maximum absolute atomic E-state index is 12.1. The van der Waals surface area contributed by atoms with Crippen LogP contribution in [-0.2, 0) is 19.4 Å². The average Bonchev–Trinajstić information content (AvgIpc) is 2.97. The van der Waals surface area contributed by atoms with Crippen LogP contribution in [0, 0.1) is 3.57 Å². The van der Waals surface area contributed by atoms with Crippen LogP contribution in [0.15, 0.2) is 29.3 Å². The largest absolute Gasteiger partial charge is 0.481 e. The zero-order chi connectivity index (χ0) is 18.9. The average molecular weight is 508 g/mol. The lowest BCUT2D eigenvalue weighted by Gasteiger charge is -2.24. The standard InChI is InChI=1S/C16H17IN2O5S2/c17-10-3-1-4-11(7-10)19-12-8-26(23,24)9-13(12)25-16(19)18-14(20)5-2-6-15(21)22/h1,3-4,7,12-13H,2,5-6,8-9H2,(H,21,22)/t12-,13+/m1/s1. The number of halogens is 1. The van der Waals surface area contributed by atoms with E-state index in [1.54, 1.807) is 0 Å². The van der Waals surface area contributed by atoms with Crippen LogP contribution in [0.5, 0.6) is 0 Å². The molecule has 0 spiro atoms. The molecule has 3 rings (SSSR count). The number of amidine groups is 1. The number of anilines is 1. The normalized spacial score (nSPS) is 25.4. The summed E-state index contributed by atoms with van der Waals surface area (Å²) in [6, 6.07) is 7.38. The summed E-state index contributed by atoms with van der Waals surface area (Å²) in [7, 11) is -3.10. The summed E-state index contributed by atoms with van der Waals surface area (Å²) in [6.07, 6.45) is 0.220. The molecule has 0 aliphatic carbocycles. The molecule has 0 aromatic heterocycles. The Morgan fingerprint density at radius 3 is 2.77 bits per heavy atom. The Labute approximate surface area is 169 Å². The molecule has 0 radical (unpaired) electrons. The molecular weight excluding hydrogens is 491 g/mol. The predicted octanol–water partition coefficient (Wildman–Crippen LogP) is 2.15. The number of amides is 1. The van der Waals surface area contributed by atoms with Crippen molar-refractivity contribution in [2.24, 2.45) is 4.99 Å². The van der Waals surface area contributed by atoms with Crippen molar-refractivity contribution in [3.63, 3.8) is 0 Å². The number of aliphatic carboxylic acids is 1. The van der Waals surface area contributed by atoms with Gasteiger partial charge in [-0.05, 0) is 47.2 Å². The molecule has 1 amide bonds. The number of aliphatic imine (C=N–C) groups is 1. The summed E-state index contributed by atoms with van der Waals surface area (Å²) < 4.78 is 25.0. The monoisotopic (exact) mass is 508 g/mol. The van der Waals surface area contributed by atoms with Crippen molar-refractivity contribution in [3.05, 3.63) is 27.8 Å². The molecule has 2 atom stereocenters. The maximum Gasteiger partial charge on any atom is 0.303 e. The molecule has 0 unspecified atom stereocenters. The predicted molar refractivity (Wildman–Crippen MR) is 109 cm³/mol. The fourth-order valence-electron chi connectivity index (χ4n) is 3.05. The Balaban J connectivity index is 1.85. The number of hydrogen-bond donors (Lipinski definition) is 1. The van der Waals surface area contributed by atoms with Gasteiger partial charge in [0.25, 0.3) is 0 Å². The van der Waals surface area contributed by atoms with Crippen molar-refractivity contribution in [1.82, 2.24) is 0 Å². The van der Waals surface area contributed by atoms with Crippen molar-refractivity contribution in [3.8, 4) is 0 Å². The van der Waals surface area contributed by atoms with Gasteiger partial charge in [-0.25, -0.2) is 8.42 Å². The van der Waals surface area contributed by atoms with Crippen LogP contribution in [0.1, 0.15) is 19.3 Å². The van der Waals surface area contributed by atoms with Gasteiger partial charge in [0, 0.05) is 27.3 Å². The van der Waals surface area contributed by atoms with E-state index < -0.39 is 15.8 Å². The Kier molecular flexibility index (Phi) is 5.92. The van der Waals surface area contributed by atoms with Gasteiger partial charge in [0.15, 0.2) is 15.0 Å². The maximum atomic E-state index is 12.1. The molecule has 2 aliphatic rings. The smallest absolute Gasteiger partial charge is 0.303 e. The molecule has 0 bridgehead atoms. The van der Waals surface area contributed by atoms with E-state index >= 15 is 0 Å². The Hall–Kier alpha value is -1.14. The molecule has 1 aromatic carbocycles. The second-order valence-electron chi connectivity index (χ2n) is 6.19. The number of nitrogens with zero attached hydrogens (tertiary/aromatic N) is 2. The number of fused-ring (bicyclic) bond motifs is 1. The minimum Gasteiger partial charge on any atom is -0.481 e. The molecule has 10 heteroatoms. The number of hydrogen-bond acceptors (Lipinski definition) is 5. The summed E-state index contributed by atoms with van der Waals surface area (Å²) in [5.74, 6) is -1.20. The van der Waals surface area contributed by atoms with E-state index in [2.05, 4.69) is 27.6 Å². The van der Waals surface area contributed by atoms with Crippen LogP contribution in [0.3, 0.4) is 0 Å². The minimum atomic E-state index is -3.10. The Bertz CT molecular complexity index is 871. The molecular formula is C16H17IN2O5S2. The molecule has 1 N–H and O–H groups in total. The first-order valence-electron chi connectivity index (χ1n) is 8.00. The van der Waals surface area contributed by atoms with E-state index in [0.29, 0.717) is 5.17 Å². The Morgan fingerprint density at radius 1 is 1.31 bits per heavy atom. The first-order valence-corrected chi connectivity index (χ1v) is 11.8. The van der Waals surface area contributed by atoms with E-state index in [1.807, 2.05) is 29.2 Å². The molecule has 2 aliphatic heterocycles. The zero-order valence-electron chi connectivity index (χ0n) is 13.7. The topological polar surface area (TPSA) is 104 Å². The van der Waals surface area contributed by atoms with Gasteiger partial charge in [0.2, 0.25) is 5.91 Å². The van der Waals surface area contributed by atoms with Gasteiger partial charge in [-0.15, -0.1) is 0 Å². The highest BCUT2D eigenvalue weighted by Crippen LogP contribution is 2.41. The van der Waals surface area contributed by atoms with Gasteiger partial charge < -0.3 is 10.0 Å². The molecule has 140 valence electrons. The second-order valence-corrected chi connectivity index (χ2v) is 10.8. The van der Waals surface area contributed by atoms with Gasteiger partial charge >= 0.3 is 5.97 Å². The van der Waals surface area contributed by atoms with Crippen LogP contribution in [0.2, 0.25) is 0 Å². The van der Waals surface area contributed by atoms with E-state index in [9.17, 15) is 18.0 Å². The molecule has 0 saturated carbocycles. The molecule has 1 aromatic rings. The summed E-state index contributed by atoms with van der Waals surface area (Å²) >= 11 is 3.50. The third kappa shape index (κ3) is 4.58. The summed E-state index contributed by atoms with van der Waals surface area (Å²) in [5, 5.41) is 9.02. The van der Waals surface area contributed by atoms with Crippen LogP contribution in [0.25, 0.3) is 0 Å². The lowest BCUT2D eigenvalue weighted by atomic mass is 10.2. The van der Waals surface area contributed by atoms with Crippen LogP contribution < -0.4 is 4.90 Å². The highest BCUT2D eigenvalue weighted by molar-refractivity contribution is 14.1. The molecule has 2 saturated heterocycles. The third-order valence-corrected chi connectivity index (χ3v) is 8.04. The van der Waals surface area contributed by atoms with E-state index in [-0.39, 0.29) is 48.0 Å². The lowest BCUT2D eigenvalue weighted by Crippen LogP contribution is -2.37. The fraction of sp³-hybridized carbons (Fsp3) is 0.438. The molecule has 26 heavy (non-hydrogen) atoms. The van der Waals surface area contributed by atoms with E-state index in [0.717, 1.165) is 9.26 Å². The van der Waals surface area contributed by atoms with Gasteiger partial charge in [0.05, 0.1) is 17.5 Å². The second kappa shape index (κ2) is 7.85. The van der Waals surface area contributed by atoms with Crippen LogP contribution >= 0.6 is 34.4 Å². The number of carboxylic acid groups (broad SMARTS) is 1. The van der Waals surface area contributed by atoms with Gasteiger partial charge in [-0.2, -0.15) is 4.99 Å². The van der Waals surface area contributed by atoms with Crippen molar-refractivity contribution in [2.75, 3.05) is 16.4 Å². The number of thioether (sulfide) groups is 1. The van der Waals surface area contributed by atoms with Gasteiger partial charge in [-0.1, -0.05) is 17.8 Å². The fourth-order valence-corrected chi connectivity index (χ4v) is 7.50. The SMILES string of the molecule is O=C(O)CCCC(=O)N=C1S[C@H]2CS(=O)(=O)C[C@H]2N1c1cccc(I)c1. The number of rotatable bonds is 5. The highest BCUT2D eigenvalue weighted by atomic mass is 127. The number of carboxylic acids is 1. The molecule has 2 heterocycles. The van der Waals surface area contributed by atoms with Crippen LogP contribution in [-0.4, -0.2) is 53.4 Å². The molecule has 7 nitrogen and oxygen atoms in total. The first-order chi connectivity index (χ1) is 12.2. The van der Waals surface area contributed by atoms with Gasteiger partial charge in [-0.3, -0.25) is 9.59 Å². The zero-order valence-corrected chi connectivity index (χ0v) is 17.5. The third-order valence-electron chi connectivity index (χ3n) is 4.15. The summed E-state index contributed by atoms with van der Waals surface area (Å²) in [6.45, 7) is 0. The highest BCUT2D eigenvalue weighted by Gasteiger charge is 2.49. The number of carbonyl (C=O) groups is 2.